The van der Waals surface area contributed by atoms with Crippen LogP contribution in [0.15, 0.2) is 12.2 Å². The van der Waals surface area contributed by atoms with Gasteiger partial charge in [0.1, 0.15) is 5.75 Å². The molecule has 0 unspecified atom stereocenters. The summed E-state index contributed by atoms with van der Waals surface area (Å²) in [7, 11) is -4.15. The summed E-state index contributed by atoms with van der Waals surface area (Å²) in [4.78, 5) is 10.4. The Hall–Kier alpha value is -0.680. The van der Waals surface area contributed by atoms with Crippen LogP contribution in [0.2, 0.25) is 0 Å². The Kier molecular flexibility index (Phi) is 3.24. The third-order valence-corrected chi connectivity index (χ3v) is 1.33. The Morgan fingerprint density at radius 1 is 1.60 bits per heavy atom. The average molecular weight is 164 g/mol. The van der Waals surface area contributed by atoms with Gasteiger partial charge in [-0.3, -0.25) is 9.35 Å². The Morgan fingerprint density at radius 2 is 2.10 bits per heavy atom. The lowest BCUT2D eigenvalue weighted by atomic mass is 10.4. The second-order valence-corrected chi connectivity index (χ2v) is 3.15. The minimum absolute atomic E-state index is 0.620. The molecule has 0 aliphatic rings. The molecule has 0 atom stereocenters. The fourth-order valence-electron chi connectivity index (χ4n) is 0.414. The topological polar surface area (TPSA) is 71.4 Å². The summed E-state index contributed by atoms with van der Waals surface area (Å²) in [6.45, 7) is 1.59. The highest BCUT2D eigenvalue weighted by Crippen LogP contribution is 1.85. The highest BCUT2D eigenvalue weighted by Gasteiger charge is 2.08. The number of hydrogen-bond donors (Lipinski definition) is 1. The molecule has 0 rings (SSSR count). The standard InChI is InChI=1S/C5H8O4S/c1-2-3-5(6)4-10(7,8)9/h2-3H,4H2,1H3,(H,7,8,9). The number of carbonyl (C=O) groups is 1. The maximum atomic E-state index is 10.4. The molecule has 1 N–H and O–H groups in total. The normalized spacial score (nSPS) is 12.2. The van der Waals surface area contributed by atoms with Crippen LogP contribution in [0.5, 0.6) is 0 Å². The van der Waals surface area contributed by atoms with Crippen LogP contribution in [0.1, 0.15) is 6.92 Å². The van der Waals surface area contributed by atoms with Crippen LogP contribution >= 0.6 is 0 Å². The van der Waals surface area contributed by atoms with E-state index >= 15 is 0 Å². The lowest BCUT2D eigenvalue weighted by Crippen LogP contribution is -2.12. The van der Waals surface area contributed by atoms with Gasteiger partial charge in [-0.1, -0.05) is 6.08 Å². The molecule has 0 heterocycles. The average Bonchev–Trinajstić information content (AvgIpc) is 1.59. The molecule has 0 saturated carbocycles. The zero-order chi connectivity index (χ0) is 8.20. The molecule has 0 amide bonds. The first-order valence-corrected chi connectivity index (χ1v) is 4.17. The van der Waals surface area contributed by atoms with E-state index in [9.17, 15) is 13.2 Å². The maximum Gasteiger partial charge on any atom is 0.272 e. The van der Waals surface area contributed by atoms with E-state index in [0.717, 1.165) is 6.08 Å². The van der Waals surface area contributed by atoms with Crippen LogP contribution in [0, 0.1) is 0 Å². The Morgan fingerprint density at radius 3 is 2.40 bits per heavy atom. The molecule has 0 aromatic carbocycles. The maximum absolute atomic E-state index is 10.4. The van der Waals surface area contributed by atoms with Crippen molar-refractivity contribution in [3.63, 3.8) is 0 Å². The van der Waals surface area contributed by atoms with Gasteiger partial charge in [0.2, 0.25) is 0 Å². The second-order valence-electron chi connectivity index (χ2n) is 1.69. The fourth-order valence-corrected chi connectivity index (χ4v) is 0.870. The molecule has 0 radical (unpaired) electrons. The third-order valence-electron chi connectivity index (χ3n) is 0.677. The van der Waals surface area contributed by atoms with Gasteiger partial charge in [0, 0.05) is 0 Å². The highest BCUT2D eigenvalue weighted by molar-refractivity contribution is 7.86. The first kappa shape index (κ1) is 9.32. The van der Waals surface area contributed by atoms with Crippen LogP contribution in [0.4, 0.5) is 0 Å². The molecule has 4 nitrogen and oxygen atoms in total. The highest BCUT2D eigenvalue weighted by atomic mass is 32.2. The van der Waals surface area contributed by atoms with Gasteiger partial charge in [0.05, 0.1) is 0 Å². The molecule has 0 aliphatic heterocycles. The molecule has 5 heteroatoms. The molecular weight excluding hydrogens is 156 g/mol. The van der Waals surface area contributed by atoms with Gasteiger partial charge in [-0.15, -0.1) is 0 Å². The Bertz CT molecular complexity index is 236. The van der Waals surface area contributed by atoms with Crippen molar-refractivity contribution in [2.24, 2.45) is 0 Å². The molecule has 0 bridgehead atoms. The SMILES string of the molecule is CC=CC(=O)CS(=O)(=O)O. The summed E-state index contributed by atoms with van der Waals surface area (Å²) < 4.78 is 28.2. The number of hydrogen-bond acceptors (Lipinski definition) is 3. The molecule has 0 aromatic rings. The largest absolute Gasteiger partial charge is 0.294 e. The number of allylic oxidation sites excluding steroid dienone is 2. The summed E-state index contributed by atoms with van der Waals surface area (Å²) >= 11 is 0. The lowest BCUT2D eigenvalue weighted by Gasteiger charge is -1.88. The number of ketones is 1. The van der Waals surface area contributed by atoms with Crippen molar-refractivity contribution in [3.8, 4) is 0 Å². The minimum atomic E-state index is -4.15. The quantitative estimate of drug-likeness (QED) is 0.471. The van der Waals surface area contributed by atoms with Crippen LogP contribution in [-0.4, -0.2) is 24.5 Å². The lowest BCUT2D eigenvalue weighted by molar-refractivity contribution is -0.112. The summed E-state index contributed by atoms with van der Waals surface area (Å²) in [5, 5.41) is 0. The van der Waals surface area contributed by atoms with E-state index < -0.39 is 21.7 Å². The predicted octanol–water partition coefficient (Wildman–Crippen LogP) is 0.0194. The van der Waals surface area contributed by atoms with Crippen LogP contribution in [0.25, 0.3) is 0 Å². The fraction of sp³-hybridized carbons (Fsp3) is 0.400. The van der Waals surface area contributed by atoms with Gasteiger partial charge in [0.25, 0.3) is 10.1 Å². The summed E-state index contributed by atoms with van der Waals surface area (Å²) in [6, 6.07) is 0. The minimum Gasteiger partial charge on any atom is -0.294 e. The molecule has 0 spiro atoms. The van der Waals surface area contributed by atoms with Gasteiger partial charge in [-0.25, -0.2) is 0 Å². The van der Waals surface area contributed by atoms with Crippen molar-refractivity contribution in [1.29, 1.82) is 0 Å². The van der Waals surface area contributed by atoms with Crippen molar-refractivity contribution < 1.29 is 17.8 Å². The van der Waals surface area contributed by atoms with Gasteiger partial charge < -0.3 is 0 Å². The molecule has 0 fully saturated rings. The van der Waals surface area contributed by atoms with Gasteiger partial charge in [-0.2, -0.15) is 8.42 Å². The number of carbonyl (C=O) groups excluding carboxylic acids is 1. The molecule has 0 saturated heterocycles. The summed E-state index contributed by atoms with van der Waals surface area (Å²) in [5.74, 6) is -1.46. The summed E-state index contributed by atoms with van der Waals surface area (Å²) in [5.41, 5.74) is 0. The first-order valence-electron chi connectivity index (χ1n) is 2.56. The monoisotopic (exact) mass is 164 g/mol. The second kappa shape index (κ2) is 3.48. The van der Waals surface area contributed by atoms with Crippen LogP contribution in [0.3, 0.4) is 0 Å². The van der Waals surface area contributed by atoms with E-state index in [2.05, 4.69) is 0 Å². The zero-order valence-corrected chi connectivity index (χ0v) is 6.26. The van der Waals surface area contributed by atoms with Crippen molar-refractivity contribution >= 4 is 15.9 Å². The van der Waals surface area contributed by atoms with E-state index in [1.165, 1.54) is 6.08 Å². The number of rotatable bonds is 3. The van der Waals surface area contributed by atoms with E-state index in [1.54, 1.807) is 6.92 Å². The smallest absolute Gasteiger partial charge is 0.272 e. The first-order chi connectivity index (χ1) is 4.45. The summed E-state index contributed by atoms with van der Waals surface area (Å²) in [6.07, 6.45) is 2.50. The molecular formula is C5H8O4S. The van der Waals surface area contributed by atoms with Gasteiger partial charge in [0.15, 0.2) is 5.78 Å². The van der Waals surface area contributed by atoms with E-state index in [4.69, 9.17) is 4.55 Å². The van der Waals surface area contributed by atoms with Crippen molar-refractivity contribution in [1.82, 2.24) is 0 Å². The van der Waals surface area contributed by atoms with Gasteiger partial charge >= 0.3 is 0 Å². The van der Waals surface area contributed by atoms with Crippen molar-refractivity contribution in [3.05, 3.63) is 12.2 Å². The predicted molar refractivity (Wildman–Crippen MR) is 36.2 cm³/mol. The Balaban J connectivity index is 4.07. The Labute approximate surface area is 59.3 Å². The van der Waals surface area contributed by atoms with E-state index in [-0.39, 0.29) is 0 Å². The van der Waals surface area contributed by atoms with Crippen LogP contribution in [-0.2, 0) is 14.9 Å². The van der Waals surface area contributed by atoms with E-state index in [0.29, 0.717) is 0 Å². The molecule has 10 heavy (non-hydrogen) atoms. The van der Waals surface area contributed by atoms with E-state index in [1.807, 2.05) is 0 Å². The van der Waals surface area contributed by atoms with Gasteiger partial charge in [-0.05, 0) is 13.0 Å². The zero-order valence-electron chi connectivity index (χ0n) is 5.44. The molecule has 58 valence electrons. The molecule has 0 aromatic heterocycles. The third kappa shape index (κ3) is 5.46. The molecule has 0 aliphatic carbocycles. The van der Waals surface area contributed by atoms with Crippen molar-refractivity contribution in [2.45, 2.75) is 6.92 Å². The van der Waals surface area contributed by atoms with Crippen molar-refractivity contribution in [2.75, 3.05) is 5.75 Å². The van der Waals surface area contributed by atoms with Crippen LogP contribution < -0.4 is 0 Å².